The Morgan fingerprint density at radius 1 is 1.16 bits per heavy atom. The predicted molar refractivity (Wildman–Crippen MR) is 114 cm³/mol. The highest BCUT2D eigenvalue weighted by molar-refractivity contribution is 14.0. The molecule has 0 aromatic heterocycles. The van der Waals surface area contributed by atoms with Crippen LogP contribution < -0.4 is 15.2 Å². The summed E-state index contributed by atoms with van der Waals surface area (Å²) < 4.78 is 10.9. The highest BCUT2D eigenvalue weighted by atomic mass is 127. The number of guanidine groups is 1. The van der Waals surface area contributed by atoms with Gasteiger partial charge in [0.05, 0.1) is 13.7 Å². The van der Waals surface area contributed by atoms with Crippen LogP contribution in [0, 0.1) is 0 Å². The lowest BCUT2D eigenvalue weighted by atomic mass is 10.1. The maximum absolute atomic E-state index is 6.14. The van der Waals surface area contributed by atoms with Gasteiger partial charge in [-0.25, -0.2) is 0 Å². The molecule has 0 unspecified atom stereocenters. The molecule has 0 bridgehead atoms. The Kier molecular flexibility index (Phi) is 10.7. The van der Waals surface area contributed by atoms with E-state index in [2.05, 4.69) is 22.0 Å². The highest BCUT2D eigenvalue weighted by Crippen LogP contribution is 2.28. The first-order valence-corrected chi connectivity index (χ1v) is 9.09. The van der Waals surface area contributed by atoms with E-state index < -0.39 is 0 Å². The number of nitrogens with two attached hydrogens (primary N) is 1. The van der Waals surface area contributed by atoms with Gasteiger partial charge >= 0.3 is 0 Å². The highest BCUT2D eigenvalue weighted by Gasteiger charge is 2.10. The van der Waals surface area contributed by atoms with E-state index in [1.165, 1.54) is 31.2 Å². The van der Waals surface area contributed by atoms with Crippen molar-refractivity contribution in [1.82, 2.24) is 4.90 Å². The topological polar surface area (TPSA) is 60.1 Å². The van der Waals surface area contributed by atoms with Crippen molar-refractivity contribution >= 4 is 29.9 Å². The van der Waals surface area contributed by atoms with E-state index in [-0.39, 0.29) is 24.0 Å². The Balaban J connectivity index is 0.00000312. The van der Waals surface area contributed by atoms with Gasteiger partial charge in [0.2, 0.25) is 0 Å². The number of aliphatic imine (C=N–C) groups is 1. The van der Waals surface area contributed by atoms with Gasteiger partial charge in [-0.15, -0.1) is 24.0 Å². The fourth-order valence-electron chi connectivity index (χ4n) is 3.02. The van der Waals surface area contributed by atoms with Crippen LogP contribution in [0.25, 0.3) is 0 Å². The molecule has 6 heteroatoms. The minimum Gasteiger partial charge on any atom is -0.493 e. The summed E-state index contributed by atoms with van der Waals surface area (Å²) in [6, 6.07) is 6.11. The van der Waals surface area contributed by atoms with Crippen LogP contribution >= 0.6 is 24.0 Å². The molecule has 1 aromatic carbocycles. The zero-order valence-electron chi connectivity index (χ0n) is 15.5. The number of methoxy groups -OCH3 is 1. The predicted octanol–water partition coefficient (Wildman–Crippen LogP) is 3.84. The van der Waals surface area contributed by atoms with Gasteiger partial charge in [0, 0.05) is 19.6 Å². The van der Waals surface area contributed by atoms with E-state index in [4.69, 9.17) is 15.2 Å². The van der Waals surface area contributed by atoms with Crippen molar-refractivity contribution in [3.05, 3.63) is 23.8 Å². The molecule has 142 valence electrons. The second kappa shape index (κ2) is 12.2. The Morgan fingerprint density at radius 3 is 2.52 bits per heavy atom. The van der Waals surface area contributed by atoms with Gasteiger partial charge in [0.25, 0.3) is 0 Å². The number of ether oxygens (including phenoxy) is 2. The quantitative estimate of drug-likeness (QED) is 0.290. The summed E-state index contributed by atoms with van der Waals surface area (Å²) in [5, 5.41) is 0. The van der Waals surface area contributed by atoms with Crippen molar-refractivity contribution in [2.75, 3.05) is 33.4 Å². The number of benzene rings is 1. The first-order valence-electron chi connectivity index (χ1n) is 9.09. The van der Waals surface area contributed by atoms with Gasteiger partial charge in [-0.1, -0.05) is 18.9 Å². The third-order valence-corrected chi connectivity index (χ3v) is 4.36. The molecule has 5 nitrogen and oxygen atoms in total. The Hall–Kier alpha value is -1.18. The molecule has 0 atom stereocenters. The van der Waals surface area contributed by atoms with Gasteiger partial charge in [-0.05, 0) is 50.3 Å². The number of rotatable bonds is 7. The Bertz CT molecular complexity index is 529. The van der Waals surface area contributed by atoms with Gasteiger partial charge in [-0.2, -0.15) is 0 Å². The molecule has 2 N–H and O–H groups in total. The van der Waals surface area contributed by atoms with Crippen LogP contribution in [0.3, 0.4) is 0 Å². The molecule has 0 spiro atoms. The third-order valence-electron chi connectivity index (χ3n) is 4.36. The van der Waals surface area contributed by atoms with Crippen LogP contribution in [-0.2, 0) is 6.42 Å². The summed E-state index contributed by atoms with van der Waals surface area (Å²) in [6.07, 6.45) is 7.00. The molecule has 1 aromatic rings. The number of nitrogens with zero attached hydrogens (tertiary/aromatic N) is 2. The third kappa shape index (κ3) is 7.30. The van der Waals surface area contributed by atoms with Crippen LogP contribution in [0.1, 0.15) is 44.6 Å². The molecule has 1 aliphatic rings. The first-order chi connectivity index (χ1) is 11.7. The fraction of sp³-hybridized carbons (Fsp3) is 0.632. The van der Waals surface area contributed by atoms with Crippen molar-refractivity contribution in [2.24, 2.45) is 10.7 Å². The SMILES string of the molecule is CCOc1cc(CCCN=C(N)N2CCCCCC2)ccc1OC.I. The minimum atomic E-state index is 0. The van der Waals surface area contributed by atoms with E-state index in [0.29, 0.717) is 12.6 Å². The summed E-state index contributed by atoms with van der Waals surface area (Å²) >= 11 is 0. The zero-order valence-corrected chi connectivity index (χ0v) is 17.8. The minimum absolute atomic E-state index is 0. The van der Waals surface area contributed by atoms with Crippen LogP contribution in [0.15, 0.2) is 23.2 Å². The fourth-order valence-corrected chi connectivity index (χ4v) is 3.02. The summed E-state index contributed by atoms with van der Waals surface area (Å²) in [6.45, 7) is 5.47. The van der Waals surface area contributed by atoms with Crippen LogP contribution in [0.4, 0.5) is 0 Å². The normalized spacial score (nSPS) is 15.3. The molecule has 0 saturated carbocycles. The maximum Gasteiger partial charge on any atom is 0.191 e. The lowest BCUT2D eigenvalue weighted by Crippen LogP contribution is -2.38. The van der Waals surface area contributed by atoms with Gasteiger partial charge in [0.1, 0.15) is 0 Å². The number of likely N-dealkylation sites (tertiary alicyclic amines) is 1. The standard InChI is InChI=1S/C19H31N3O2.HI/c1-3-24-18-15-16(10-11-17(18)23-2)9-8-12-21-19(20)22-13-6-4-5-7-14-22;/h10-11,15H,3-9,12-14H2,1-2H3,(H2,20,21);1H. The summed E-state index contributed by atoms with van der Waals surface area (Å²) in [5.41, 5.74) is 7.38. The van der Waals surface area contributed by atoms with Crippen LogP contribution in [0.2, 0.25) is 0 Å². The zero-order chi connectivity index (χ0) is 17.2. The lowest BCUT2D eigenvalue weighted by molar-refractivity contribution is 0.310. The van der Waals surface area contributed by atoms with Gasteiger partial charge < -0.3 is 20.1 Å². The molecule has 0 radical (unpaired) electrons. The average molecular weight is 461 g/mol. The number of halogens is 1. The molecule has 1 aliphatic heterocycles. The van der Waals surface area contributed by atoms with Crippen LogP contribution in [0.5, 0.6) is 11.5 Å². The van der Waals surface area contributed by atoms with Gasteiger partial charge in [-0.3, -0.25) is 4.99 Å². The lowest BCUT2D eigenvalue weighted by Gasteiger charge is -2.21. The van der Waals surface area contributed by atoms with Crippen molar-refractivity contribution < 1.29 is 9.47 Å². The Morgan fingerprint density at radius 2 is 1.88 bits per heavy atom. The molecule has 1 heterocycles. The van der Waals surface area contributed by atoms with Crippen molar-refractivity contribution in [3.8, 4) is 11.5 Å². The molecule has 0 aliphatic carbocycles. The van der Waals surface area contributed by atoms with Crippen molar-refractivity contribution in [1.29, 1.82) is 0 Å². The first kappa shape index (κ1) is 21.9. The smallest absolute Gasteiger partial charge is 0.191 e. The van der Waals surface area contributed by atoms with E-state index in [1.807, 2.05) is 13.0 Å². The van der Waals surface area contributed by atoms with E-state index >= 15 is 0 Å². The molecular formula is C19H32IN3O2. The van der Waals surface area contributed by atoms with E-state index in [1.54, 1.807) is 7.11 Å². The van der Waals surface area contributed by atoms with Crippen molar-refractivity contribution in [3.63, 3.8) is 0 Å². The maximum atomic E-state index is 6.14. The second-order valence-electron chi connectivity index (χ2n) is 6.16. The monoisotopic (exact) mass is 461 g/mol. The molecule has 2 rings (SSSR count). The van der Waals surface area contributed by atoms with E-state index in [9.17, 15) is 0 Å². The van der Waals surface area contributed by atoms with E-state index in [0.717, 1.165) is 44.0 Å². The largest absolute Gasteiger partial charge is 0.493 e. The van der Waals surface area contributed by atoms with Crippen LogP contribution in [-0.4, -0.2) is 44.2 Å². The summed E-state index contributed by atoms with van der Waals surface area (Å²) in [7, 11) is 1.66. The summed E-state index contributed by atoms with van der Waals surface area (Å²) in [5.74, 6) is 2.30. The second-order valence-corrected chi connectivity index (χ2v) is 6.16. The number of aryl methyl sites for hydroxylation is 1. The molecule has 1 fully saturated rings. The molecular weight excluding hydrogens is 429 g/mol. The number of hydrogen-bond donors (Lipinski definition) is 1. The molecule has 1 saturated heterocycles. The number of hydrogen-bond acceptors (Lipinski definition) is 3. The van der Waals surface area contributed by atoms with Gasteiger partial charge in [0.15, 0.2) is 17.5 Å². The Labute approximate surface area is 169 Å². The van der Waals surface area contributed by atoms with Crippen molar-refractivity contribution in [2.45, 2.75) is 45.4 Å². The summed E-state index contributed by atoms with van der Waals surface area (Å²) in [4.78, 5) is 6.79. The molecule has 0 amide bonds. The average Bonchev–Trinajstić information content (AvgIpc) is 2.88. The molecule has 25 heavy (non-hydrogen) atoms.